The van der Waals surface area contributed by atoms with Crippen molar-refractivity contribution in [1.82, 2.24) is 10.9 Å². The summed E-state index contributed by atoms with van der Waals surface area (Å²) in [5.41, 5.74) is 7.36. The van der Waals surface area contributed by atoms with E-state index in [4.69, 9.17) is 4.74 Å². The lowest BCUT2D eigenvalue weighted by molar-refractivity contribution is -0.128. The van der Waals surface area contributed by atoms with Gasteiger partial charge in [-0.1, -0.05) is 54.1 Å². The van der Waals surface area contributed by atoms with Gasteiger partial charge in [0.25, 0.3) is 11.8 Å². The molecule has 0 atom stereocenters. The van der Waals surface area contributed by atoms with E-state index >= 15 is 0 Å². The van der Waals surface area contributed by atoms with Crippen LogP contribution < -0.4 is 15.6 Å². The standard InChI is InChI=1S/C19H20N2O3/c1-14(2)12-18(22)20-21-19(23)13-24-17-11-7-6-10-16(17)15-8-4-3-5-9-15/h3-12H,13H2,1-2H3,(H,20,22)(H,21,23). The molecule has 2 N–H and O–H groups in total. The van der Waals surface area contributed by atoms with Crippen molar-refractivity contribution in [2.45, 2.75) is 13.8 Å². The number of hydrogen-bond donors (Lipinski definition) is 2. The van der Waals surface area contributed by atoms with Crippen LogP contribution in [0, 0.1) is 0 Å². The van der Waals surface area contributed by atoms with E-state index in [-0.39, 0.29) is 12.5 Å². The van der Waals surface area contributed by atoms with Crippen LogP contribution in [0.5, 0.6) is 5.75 Å². The molecule has 0 aromatic heterocycles. The zero-order chi connectivity index (χ0) is 17.4. The Morgan fingerprint density at radius 1 is 0.958 bits per heavy atom. The molecule has 2 amide bonds. The fourth-order valence-electron chi connectivity index (χ4n) is 2.06. The van der Waals surface area contributed by atoms with E-state index in [1.54, 1.807) is 19.9 Å². The van der Waals surface area contributed by atoms with Crippen LogP contribution in [0.15, 0.2) is 66.2 Å². The largest absolute Gasteiger partial charge is 0.483 e. The second-order valence-corrected chi connectivity index (χ2v) is 5.41. The molecule has 0 bridgehead atoms. The highest BCUT2D eigenvalue weighted by Gasteiger charge is 2.08. The van der Waals surface area contributed by atoms with Crippen molar-refractivity contribution in [3.05, 3.63) is 66.2 Å². The molecule has 0 aliphatic rings. The second kappa shape index (κ2) is 8.53. The summed E-state index contributed by atoms with van der Waals surface area (Å²) in [5.74, 6) is -0.212. The highest BCUT2D eigenvalue weighted by atomic mass is 16.5. The third-order valence-corrected chi connectivity index (χ3v) is 3.08. The van der Waals surface area contributed by atoms with Crippen LogP contribution in [0.25, 0.3) is 11.1 Å². The number of amides is 2. The average molecular weight is 324 g/mol. The van der Waals surface area contributed by atoms with E-state index in [2.05, 4.69) is 10.9 Å². The number of rotatable bonds is 5. The molecule has 0 heterocycles. The van der Waals surface area contributed by atoms with E-state index < -0.39 is 5.91 Å². The maximum atomic E-state index is 11.8. The zero-order valence-electron chi connectivity index (χ0n) is 13.7. The van der Waals surface area contributed by atoms with Gasteiger partial charge in [-0.2, -0.15) is 0 Å². The van der Waals surface area contributed by atoms with Gasteiger partial charge in [0.2, 0.25) is 0 Å². The summed E-state index contributed by atoms with van der Waals surface area (Å²) in [6, 6.07) is 17.3. The molecule has 0 unspecified atom stereocenters. The molecule has 124 valence electrons. The van der Waals surface area contributed by atoms with Crippen LogP contribution in [0.1, 0.15) is 13.8 Å². The first-order chi connectivity index (χ1) is 11.6. The maximum Gasteiger partial charge on any atom is 0.276 e. The van der Waals surface area contributed by atoms with Crippen molar-refractivity contribution in [2.24, 2.45) is 0 Å². The van der Waals surface area contributed by atoms with Crippen LogP contribution in [0.4, 0.5) is 0 Å². The molecule has 0 aliphatic carbocycles. The Morgan fingerprint density at radius 2 is 1.62 bits per heavy atom. The Labute approximate surface area is 141 Å². The second-order valence-electron chi connectivity index (χ2n) is 5.41. The van der Waals surface area contributed by atoms with Gasteiger partial charge in [0.1, 0.15) is 5.75 Å². The summed E-state index contributed by atoms with van der Waals surface area (Å²) < 4.78 is 5.59. The molecule has 5 nitrogen and oxygen atoms in total. The lowest BCUT2D eigenvalue weighted by atomic mass is 10.1. The average Bonchev–Trinajstić information content (AvgIpc) is 2.58. The molecule has 0 aliphatic heterocycles. The minimum atomic E-state index is -0.437. The summed E-state index contributed by atoms with van der Waals surface area (Å²) in [4.78, 5) is 23.2. The maximum absolute atomic E-state index is 11.8. The minimum Gasteiger partial charge on any atom is -0.483 e. The summed E-state index contributed by atoms with van der Waals surface area (Å²) in [6.07, 6.45) is 1.39. The fourth-order valence-corrected chi connectivity index (χ4v) is 2.06. The van der Waals surface area contributed by atoms with Gasteiger partial charge in [-0.05, 0) is 25.5 Å². The Kier molecular flexibility index (Phi) is 6.14. The molecule has 2 rings (SSSR count). The van der Waals surface area contributed by atoms with Gasteiger partial charge >= 0.3 is 0 Å². The molecule has 2 aromatic carbocycles. The van der Waals surface area contributed by atoms with Crippen LogP contribution >= 0.6 is 0 Å². The van der Waals surface area contributed by atoms with E-state index in [1.807, 2.05) is 48.5 Å². The molecule has 5 heteroatoms. The predicted octanol–water partition coefficient (Wildman–Crippen LogP) is 2.85. The SMILES string of the molecule is CC(C)=CC(=O)NNC(=O)COc1ccccc1-c1ccccc1. The van der Waals surface area contributed by atoms with E-state index in [0.29, 0.717) is 5.75 Å². The third-order valence-electron chi connectivity index (χ3n) is 3.08. The number of hydrazine groups is 1. The van der Waals surface area contributed by atoms with Gasteiger partial charge in [0.15, 0.2) is 6.61 Å². The van der Waals surface area contributed by atoms with Gasteiger partial charge in [-0.25, -0.2) is 0 Å². The molecular weight excluding hydrogens is 304 g/mol. The van der Waals surface area contributed by atoms with E-state index in [0.717, 1.165) is 16.7 Å². The smallest absolute Gasteiger partial charge is 0.276 e. The van der Waals surface area contributed by atoms with Crippen LogP contribution in [-0.4, -0.2) is 18.4 Å². The van der Waals surface area contributed by atoms with Crippen molar-refractivity contribution < 1.29 is 14.3 Å². The molecule has 0 spiro atoms. The van der Waals surface area contributed by atoms with E-state index in [9.17, 15) is 9.59 Å². The Hall–Kier alpha value is -3.08. The number of hydrogen-bond acceptors (Lipinski definition) is 3. The van der Waals surface area contributed by atoms with Gasteiger partial charge in [0, 0.05) is 11.6 Å². The summed E-state index contributed by atoms with van der Waals surface area (Å²) >= 11 is 0. The summed E-state index contributed by atoms with van der Waals surface area (Å²) in [5, 5.41) is 0. The Morgan fingerprint density at radius 3 is 2.33 bits per heavy atom. The van der Waals surface area contributed by atoms with Crippen molar-refractivity contribution in [1.29, 1.82) is 0 Å². The summed E-state index contributed by atoms with van der Waals surface area (Å²) in [6.45, 7) is 3.40. The first-order valence-electron chi connectivity index (χ1n) is 7.57. The molecule has 0 saturated heterocycles. The number of para-hydroxylation sites is 1. The van der Waals surface area contributed by atoms with Crippen LogP contribution in [-0.2, 0) is 9.59 Å². The Bertz CT molecular complexity index is 735. The molecular formula is C19H20N2O3. The molecule has 2 aromatic rings. The van der Waals surface area contributed by atoms with Crippen molar-refractivity contribution in [2.75, 3.05) is 6.61 Å². The Balaban J connectivity index is 1.94. The first kappa shape index (κ1) is 17.3. The molecule has 0 radical (unpaired) electrons. The number of carbonyl (C=O) groups excluding carboxylic acids is 2. The lowest BCUT2D eigenvalue weighted by Gasteiger charge is -2.12. The van der Waals surface area contributed by atoms with Crippen molar-refractivity contribution in [3.63, 3.8) is 0 Å². The van der Waals surface area contributed by atoms with Crippen molar-refractivity contribution >= 4 is 11.8 Å². The fraction of sp³-hybridized carbons (Fsp3) is 0.158. The topological polar surface area (TPSA) is 67.4 Å². The number of benzene rings is 2. The predicted molar refractivity (Wildman–Crippen MR) is 93.1 cm³/mol. The molecule has 0 fully saturated rings. The van der Waals surface area contributed by atoms with Gasteiger partial charge < -0.3 is 4.74 Å². The van der Waals surface area contributed by atoms with E-state index in [1.165, 1.54) is 6.08 Å². The number of allylic oxidation sites excluding steroid dienone is 1. The monoisotopic (exact) mass is 324 g/mol. The quantitative estimate of drug-likeness (QED) is 0.656. The zero-order valence-corrected chi connectivity index (χ0v) is 13.7. The van der Waals surface area contributed by atoms with Gasteiger partial charge in [-0.15, -0.1) is 0 Å². The highest BCUT2D eigenvalue weighted by Crippen LogP contribution is 2.29. The minimum absolute atomic E-state index is 0.195. The first-order valence-corrected chi connectivity index (χ1v) is 7.57. The molecule has 0 saturated carbocycles. The van der Waals surface area contributed by atoms with Crippen LogP contribution in [0.2, 0.25) is 0 Å². The summed E-state index contributed by atoms with van der Waals surface area (Å²) in [7, 11) is 0. The number of carbonyl (C=O) groups is 2. The third kappa shape index (κ3) is 5.28. The molecule has 24 heavy (non-hydrogen) atoms. The lowest BCUT2D eigenvalue weighted by Crippen LogP contribution is -2.43. The van der Waals surface area contributed by atoms with Gasteiger partial charge in [0.05, 0.1) is 0 Å². The van der Waals surface area contributed by atoms with Crippen LogP contribution in [0.3, 0.4) is 0 Å². The highest BCUT2D eigenvalue weighted by molar-refractivity contribution is 5.90. The van der Waals surface area contributed by atoms with Crippen molar-refractivity contribution in [3.8, 4) is 16.9 Å². The number of nitrogens with one attached hydrogen (secondary N) is 2. The normalized spacial score (nSPS) is 9.75. The number of ether oxygens (including phenoxy) is 1. The van der Waals surface area contributed by atoms with Gasteiger partial charge in [-0.3, -0.25) is 20.4 Å².